The lowest BCUT2D eigenvalue weighted by atomic mass is 9.99. The standard InChI is InChI=1S/C19H21N3O4/c1-11(16-7-4-8-26-16)19(25)22-12(2)17(23)14-6-3-5-13(9-14)10-15(20)18(21)24/h3-9,12,15H,1,10,20H2,2H3,(H2,21,24)(H,22,25)/t12-,15-/m0/s1. The van der Waals surface area contributed by atoms with Crippen LogP contribution in [0.4, 0.5) is 0 Å². The fourth-order valence-electron chi connectivity index (χ4n) is 2.37. The van der Waals surface area contributed by atoms with Crippen LogP contribution in [0.5, 0.6) is 0 Å². The van der Waals surface area contributed by atoms with Crippen molar-refractivity contribution in [3.8, 4) is 0 Å². The quantitative estimate of drug-likeness (QED) is 0.481. The molecule has 0 saturated carbocycles. The molecule has 0 radical (unpaired) electrons. The molecule has 0 spiro atoms. The smallest absolute Gasteiger partial charge is 0.255 e. The second-order valence-corrected chi connectivity index (χ2v) is 5.93. The molecule has 1 aromatic carbocycles. The number of ketones is 1. The topological polar surface area (TPSA) is 128 Å². The number of furan rings is 1. The maximum atomic E-state index is 12.6. The summed E-state index contributed by atoms with van der Waals surface area (Å²) < 4.78 is 5.12. The summed E-state index contributed by atoms with van der Waals surface area (Å²) in [4.78, 5) is 35.8. The van der Waals surface area contributed by atoms with Crippen LogP contribution in [0.3, 0.4) is 0 Å². The van der Waals surface area contributed by atoms with Crippen LogP contribution in [0, 0.1) is 0 Å². The van der Waals surface area contributed by atoms with E-state index < -0.39 is 23.9 Å². The Morgan fingerprint density at radius 1 is 1.23 bits per heavy atom. The Bertz CT molecular complexity index is 827. The van der Waals surface area contributed by atoms with Gasteiger partial charge in [0.1, 0.15) is 5.76 Å². The average Bonchev–Trinajstić information content (AvgIpc) is 3.14. The van der Waals surface area contributed by atoms with Crippen LogP contribution in [0.1, 0.15) is 28.6 Å². The molecule has 7 heteroatoms. The molecule has 0 bridgehead atoms. The number of benzene rings is 1. The van der Waals surface area contributed by atoms with Crippen LogP contribution < -0.4 is 16.8 Å². The second-order valence-electron chi connectivity index (χ2n) is 5.93. The monoisotopic (exact) mass is 355 g/mol. The van der Waals surface area contributed by atoms with Crippen molar-refractivity contribution in [3.63, 3.8) is 0 Å². The molecule has 7 nitrogen and oxygen atoms in total. The number of primary amides is 1. The van der Waals surface area contributed by atoms with Crippen LogP contribution in [-0.4, -0.2) is 29.7 Å². The Hall–Kier alpha value is -3.19. The molecule has 0 saturated heterocycles. The number of carbonyl (C=O) groups is 3. The van der Waals surface area contributed by atoms with Gasteiger partial charge >= 0.3 is 0 Å². The van der Waals surface area contributed by atoms with E-state index in [0.717, 1.165) is 0 Å². The highest BCUT2D eigenvalue weighted by molar-refractivity contribution is 6.19. The summed E-state index contributed by atoms with van der Waals surface area (Å²) in [6.07, 6.45) is 1.66. The van der Waals surface area contributed by atoms with Gasteiger partial charge in [-0.15, -0.1) is 0 Å². The van der Waals surface area contributed by atoms with Gasteiger partial charge in [0, 0.05) is 5.56 Å². The summed E-state index contributed by atoms with van der Waals surface area (Å²) >= 11 is 0. The van der Waals surface area contributed by atoms with Crippen molar-refractivity contribution in [2.24, 2.45) is 11.5 Å². The van der Waals surface area contributed by atoms with Gasteiger partial charge in [0.2, 0.25) is 5.91 Å². The Morgan fingerprint density at radius 3 is 2.58 bits per heavy atom. The highest BCUT2D eigenvalue weighted by Gasteiger charge is 2.21. The number of amides is 2. The zero-order valence-electron chi connectivity index (χ0n) is 14.4. The first-order valence-electron chi connectivity index (χ1n) is 8.01. The number of hydrogen-bond donors (Lipinski definition) is 3. The van der Waals surface area contributed by atoms with Gasteiger partial charge in [-0.05, 0) is 37.1 Å². The molecule has 0 aliphatic rings. The van der Waals surface area contributed by atoms with Crippen molar-refractivity contribution < 1.29 is 18.8 Å². The summed E-state index contributed by atoms with van der Waals surface area (Å²) in [5, 5.41) is 2.60. The van der Waals surface area contributed by atoms with Gasteiger partial charge in [0.25, 0.3) is 5.91 Å². The molecule has 2 amide bonds. The molecule has 2 aromatic rings. The SMILES string of the molecule is C=C(C(=O)N[C@@H](C)C(=O)c1cccc(C[C@H](N)C(N)=O)c1)c1ccco1. The Morgan fingerprint density at radius 2 is 1.96 bits per heavy atom. The molecule has 0 fully saturated rings. The fourth-order valence-corrected chi connectivity index (χ4v) is 2.37. The van der Waals surface area contributed by atoms with Crippen molar-refractivity contribution in [3.05, 3.63) is 66.1 Å². The molecule has 26 heavy (non-hydrogen) atoms. The van der Waals surface area contributed by atoms with E-state index in [2.05, 4.69) is 11.9 Å². The minimum Gasteiger partial charge on any atom is -0.464 e. The van der Waals surface area contributed by atoms with Crippen LogP contribution in [0.2, 0.25) is 0 Å². The fraction of sp³-hybridized carbons (Fsp3) is 0.211. The molecule has 1 aromatic heterocycles. The van der Waals surface area contributed by atoms with Crippen LogP contribution in [0.25, 0.3) is 5.57 Å². The number of nitrogens with one attached hydrogen (secondary N) is 1. The van der Waals surface area contributed by atoms with E-state index in [0.29, 0.717) is 16.9 Å². The van der Waals surface area contributed by atoms with Gasteiger partial charge < -0.3 is 21.2 Å². The Kier molecular flexibility index (Phi) is 6.08. The predicted octanol–water partition coefficient (Wildman–Crippen LogP) is 1.04. The number of hydrogen-bond acceptors (Lipinski definition) is 5. The molecule has 0 aliphatic heterocycles. The van der Waals surface area contributed by atoms with Gasteiger partial charge in [-0.2, -0.15) is 0 Å². The predicted molar refractivity (Wildman–Crippen MR) is 97.0 cm³/mol. The third-order valence-corrected chi connectivity index (χ3v) is 3.87. The van der Waals surface area contributed by atoms with Crippen molar-refractivity contribution in [1.82, 2.24) is 5.32 Å². The summed E-state index contributed by atoms with van der Waals surface area (Å²) in [7, 11) is 0. The van der Waals surface area contributed by atoms with E-state index in [-0.39, 0.29) is 17.8 Å². The van der Waals surface area contributed by atoms with E-state index in [4.69, 9.17) is 15.9 Å². The Labute approximate surface area is 151 Å². The van der Waals surface area contributed by atoms with Crippen molar-refractivity contribution in [2.45, 2.75) is 25.4 Å². The average molecular weight is 355 g/mol. The normalized spacial score (nSPS) is 12.8. The third-order valence-electron chi connectivity index (χ3n) is 3.87. The molecule has 0 unspecified atom stereocenters. The first kappa shape index (κ1) is 19.1. The van der Waals surface area contributed by atoms with Crippen molar-refractivity contribution >= 4 is 23.2 Å². The molecular formula is C19H21N3O4. The minimum atomic E-state index is -0.825. The summed E-state index contributed by atoms with van der Waals surface area (Å²) in [5.41, 5.74) is 12.0. The second kappa shape index (κ2) is 8.26. The van der Waals surface area contributed by atoms with Gasteiger partial charge in [-0.3, -0.25) is 14.4 Å². The zero-order valence-corrected chi connectivity index (χ0v) is 14.4. The minimum absolute atomic E-state index is 0.135. The maximum Gasteiger partial charge on any atom is 0.255 e. The van der Waals surface area contributed by atoms with Crippen molar-refractivity contribution in [2.75, 3.05) is 0 Å². The number of nitrogens with two attached hydrogens (primary N) is 2. The highest BCUT2D eigenvalue weighted by atomic mass is 16.3. The maximum absolute atomic E-state index is 12.6. The number of rotatable bonds is 8. The lowest BCUT2D eigenvalue weighted by Crippen LogP contribution is -2.39. The van der Waals surface area contributed by atoms with Gasteiger partial charge in [0.15, 0.2) is 5.78 Å². The zero-order chi connectivity index (χ0) is 19.3. The Balaban J connectivity index is 2.04. The first-order valence-corrected chi connectivity index (χ1v) is 8.01. The van der Waals surface area contributed by atoms with E-state index in [1.165, 1.54) is 6.26 Å². The number of Topliss-reactive ketones (excluding diaryl/α,β-unsaturated/α-hetero) is 1. The van der Waals surface area contributed by atoms with Crippen LogP contribution in [0.15, 0.2) is 53.7 Å². The molecule has 136 valence electrons. The first-order chi connectivity index (χ1) is 12.3. The van der Waals surface area contributed by atoms with Gasteiger partial charge in [-0.25, -0.2) is 0 Å². The summed E-state index contributed by atoms with van der Waals surface area (Å²) in [6.45, 7) is 5.25. The van der Waals surface area contributed by atoms with Crippen LogP contribution >= 0.6 is 0 Å². The van der Waals surface area contributed by atoms with E-state index in [1.807, 2.05) is 0 Å². The van der Waals surface area contributed by atoms with Crippen molar-refractivity contribution in [1.29, 1.82) is 0 Å². The molecule has 1 heterocycles. The molecule has 2 rings (SSSR count). The summed E-state index contributed by atoms with van der Waals surface area (Å²) in [6, 6.07) is 8.36. The van der Waals surface area contributed by atoms with Gasteiger partial charge in [-0.1, -0.05) is 24.8 Å². The summed E-state index contributed by atoms with van der Waals surface area (Å²) in [5.74, 6) is -1.05. The van der Waals surface area contributed by atoms with E-state index in [1.54, 1.807) is 43.3 Å². The lowest BCUT2D eigenvalue weighted by Gasteiger charge is -2.14. The molecule has 5 N–H and O–H groups in total. The largest absolute Gasteiger partial charge is 0.464 e. The van der Waals surface area contributed by atoms with E-state index >= 15 is 0 Å². The van der Waals surface area contributed by atoms with Crippen LogP contribution in [-0.2, 0) is 16.0 Å². The lowest BCUT2D eigenvalue weighted by molar-refractivity contribution is -0.119. The number of carbonyl (C=O) groups excluding carboxylic acids is 3. The van der Waals surface area contributed by atoms with Gasteiger partial charge in [0.05, 0.1) is 23.9 Å². The molecule has 2 atom stereocenters. The molecular weight excluding hydrogens is 334 g/mol. The highest BCUT2D eigenvalue weighted by Crippen LogP contribution is 2.14. The molecule has 0 aliphatic carbocycles. The third kappa shape index (κ3) is 4.67. The van der Waals surface area contributed by atoms with E-state index in [9.17, 15) is 14.4 Å².